The van der Waals surface area contributed by atoms with Crippen LogP contribution < -0.4 is 4.74 Å². The van der Waals surface area contributed by atoms with Crippen LogP contribution in [0.5, 0.6) is 11.5 Å². The van der Waals surface area contributed by atoms with Gasteiger partial charge in [-0.15, -0.1) is 0 Å². The summed E-state index contributed by atoms with van der Waals surface area (Å²) in [4.78, 5) is 20.9. The highest BCUT2D eigenvalue weighted by molar-refractivity contribution is 5.93. The van der Waals surface area contributed by atoms with Crippen LogP contribution in [0.1, 0.15) is 36.0 Å². The van der Waals surface area contributed by atoms with Crippen LogP contribution in [0.4, 0.5) is 5.69 Å². The number of aromatic hydroxyl groups is 1. The minimum Gasteiger partial charge on any atom is -0.504 e. The van der Waals surface area contributed by atoms with E-state index in [1.165, 1.54) is 0 Å². The lowest BCUT2D eigenvalue weighted by Gasteiger charge is -2.13. The number of rotatable bonds is 5. The predicted molar refractivity (Wildman–Crippen MR) is 69.2 cm³/mol. The fourth-order valence-electron chi connectivity index (χ4n) is 2.38. The molecule has 0 heterocycles. The summed E-state index contributed by atoms with van der Waals surface area (Å²) in [7, 11) is 0. The largest absolute Gasteiger partial charge is 0.504 e. The summed E-state index contributed by atoms with van der Waals surface area (Å²) in [6, 6.07) is 1.82. The molecule has 0 radical (unpaired) electrons. The Labute approximate surface area is 114 Å². The summed E-state index contributed by atoms with van der Waals surface area (Å²) in [5.41, 5.74) is -1.14. The molecule has 0 bridgehead atoms. The van der Waals surface area contributed by atoms with Gasteiger partial charge in [0, 0.05) is 6.07 Å². The molecule has 20 heavy (non-hydrogen) atoms. The van der Waals surface area contributed by atoms with Gasteiger partial charge in [0.1, 0.15) is 5.56 Å². The summed E-state index contributed by atoms with van der Waals surface area (Å²) in [6.07, 6.45) is 4.36. The monoisotopic (exact) mass is 281 g/mol. The Hall–Kier alpha value is -2.31. The van der Waals surface area contributed by atoms with E-state index in [1.807, 2.05) is 0 Å². The van der Waals surface area contributed by atoms with Gasteiger partial charge in [-0.1, -0.05) is 12.8 Å². The average molecular weight is 281 g/mol. The van der Waals surface area contributed by atoms with Crippen LogP contribution in [0.2, 0.25) is 0 Å². The second-order valence-electron chi connectivity index (χ2n) is 4.86. The minimum atomic E-state index is -1.43. The number of nitro groups is 1. The number of nitro benzene ring substituents is 1. The molecule has 0 saturated heterocycles. The molecule has 2 N–H and O–H groups in total. The number of carboxylic acid groups (broad SMARTS) is 1. The SMILES string of the molecule is O=C(O)c1cc(OCC2CCCC2)c(O)cc1[N+](=O)[O-]. The summed E-state index contributed by atoms with van der Waals surface area (Å²) < 4.78 is 5.41. The number of phenolic OH excluding ortho intramolecular Hbond substituents is 1. The summed E-state index contributed by atoms with van der Waals surface area (Å²) in [6.45, 7) is 0.379. The van der Waals surface area contributed by atoms with E-state index in [-0.39, 0.29) is 5.75 Å². The molecule has 0 atom stereocenters. The zero-order chi connectivity index (χ0) is 14.7. The van der Waals surface area contributed by atoms with Crippen LogP contribution in [-0.4, -0.2) is 27.7 Å². The highest BCUT2D eigenvalue weighted by atomic mass is 16.6. The number of aromatic carboxylic acids is 1. The van der Waals surface area contributed by atoms with E-state index in [0.29, 0.717) is 12.5 Å². The van der Waals surface area contributed by atoms with Gasteiger partial charge in [0.2, 0.25) is 0 Å². The van der Waals surface area contributed by atoms with Crippen LogP contribution in [0.3, 0.4) is 0 Å². The molecule has 0 amide bonds. The van der Waals surface area contributed by atoms with Gasteiger partial charge in [0.15, 0.2) is 11.5 Å². The zero-order valence-electron chi connectivity index (χ0n) is 10.7. The van der Waals surface area contributed by atoms with E-state index in [2.05, 4.69) is 0 Å². The van der Waals surface area contributed by atoms with Crippen molar-refractivity contribution in [3.8, 4) is 11.5 Å². The van der Waals surface area contributed by atoms with E-state index < -0.39 is 27.9 Å². The van der Waals surface area contributed by atoms with E-state index in [0.717, 1.165) is 37.8 Å². The molecule has 1 saturated carbocycles. The Morgan fingerprint density at radius 3 is 2.60 bits per heavy atom. The Morgan fingerprint density at radius 1 is 1.40 bits per heavy atom. The van der Waals surface area contributed by atoms with Gasteiger partial charge in [0.05, 0.1) is 17.6 Å². The Balaban J connectivity index is 2.22. The molecular weight excluding hydrogens is 266 g/mol. The lowest BCUT2D eigenvalue weighted by molar-refractivity contribution is -0.385. The third-order valence-corrected chi connectivity index (χ3v) is 3.45. The van der Waals surface area contributed by atoms with Crippen LogP contribution in [-0.2, 0) is 0 Å². The standard InChI is InChI=1S/C13H15NO6/c15-11-6-10(14(18)19)9(13(16)17)5-12(11)20-7-8-3-1-2-4-8/h5-6,8,15H,1-4,7H2,(H,16,17). The highest BCUT2D eigenvalue weighted by Crippen LogP contribution is 2.35. The molecule has 0 aliphatic heterocycles. The van der Waals surface area contributed by atoms with Crippen molar-refractivity contribution >= 4 is 11.7 Å². The maximum Gasteiger partial charge on any atom is 0.342 e. The van der Waals surface area contributed by atoms with Gasteiger partial charge in [-0.2, -0.15) is 0 Å². The molecule has 2 rings (SSSR count). The first-order valence-corrected chi connectivity index (χ1v) is 6.36. The molecule has 1 aromatic rings. The molecular formula is C13H15NO6. The number of carbonyl (C=O) groups is 1. The first kappa shape index (κ1) is 14.1. The van der Waals surface area contributed by atoms with Crippen molar-refractivity contribution in [3.63, 3.8) is 0 Å². The molecule has 7 heteroatoms. The number of ether oxygens (including phenoxy) is 1. The first-order valence-electron chi connectivity index (χ1n) is 6.36. The third kappa shape index (κ3) is 2.98. The number of phenols is 1. The Morgan fingerprint density at radius 2 is 2.05 bits per heavy atom. The minimum absolute atomic E-state index is 0.0279. The smallest absolute Gasteiger partial charge is 0.342 e. The van der Waals surface area contributed by atoms with Crippen LogP contribution in [0, 0.1) is 16.0 Å². The summed E-state index contributed by atoms with van der Waals surface area (Å²) >= 11 is 0. The van der Waals surface area contributed by atoms with Crippen molar-refractivity contribution in [2.75, 3.05) is 6.61 Å². The molecule has 108 valence electrons. The lowest BCUT2D eigenvalue weighted by Crippen LogP contribution is -2.09. The van der Waals surface area contributed by atoms with Gasteiger partial charge >= 0.3 is 5.97 Å². The zero-order valence-corrected chi connectivity index (χ0v) is 10.7. The molecule has 7 nitrogen and oxygen atoms in total. The van der Waals surface area contributed by atoms with Crippen LogP contribution >= 0.6 is 0 Å². The maximum absolute atomic E-state index is 11.0. The summed E-state index contributed by atoms with van der Waals surface area (Å²) in [5, 5.41) is 29.4. The Kier molecular flexibility index (Phi) is 4.07. The van der Waals surface area contributed by atoms with E-state index in [1.54, 1.807) is 0 Å². The molecule has 0 unspecified atom stereocenters. The number of hydrogen-bond acceptors (Lipinski definition) is 5. The van der Waals surface area contributed by atoms with Gasteiger partial charge in [-0.05, 0) is 18.8 Å². The third-order valence-electron chi connectivity index (χ3n) is 3.45. The lowest BCUT2D eigenvalue weighted by atomic mass is 10.1. The molecule has 1 aliphatic carbocycles. The van der Waals surface area contributed by atoms with E-state index in [4.69, 9.17) is 9.84 Å². The summed E-state index contributed by atoms with van der Waals surface area (Å²) in [5.74, 6) is -1.49. The van der Waals surface area contributed by atoms with E-state index >= 15 is 0 Å². The quantitative estimate of drug-likeness (QED) is 0.634. The second-order valence-corrected chi connectivity index (χ2v) is 4.86. The fraction of sp³-hybridized carbons (Fsp3) is 0.462. The van der Waals surface area contributed by atoms with Crippen LogP contribution in [0.15, 0.2) is 12.1 Å². The van der Waals surface area contributed by atoms with E-state index in [9.17, 15) is 20.0 Å². The Bertz CT molecular complexity index is 536. The first-order chi connectivity index (χ1) is 9.49. The molecule has 1 fully saturated rings. The number of carboxylic acids is 1. The normalized spacial score (nSPS) is 15.2. The average Bonchev–Trinajstić information content (AvgIpc) is 2.89. The van der Waals surface area contributed by atoms with Crippen molar-refractivity contribution < 1.29 is 24.7 Å². The van der Waals surface area contributed by atoms with Crippen molar-refractivity contribution in [1.29, 1.82) is 0 Å². The second kappa shape index (κ2) is 5.77. The van der Waals surface area contributed by atoms with Crippen molar-refractivity contribution in [2.24, 2.45) is 5.92 Å². The van der Waals surface area contributed by atoms with Gasteiger partial charge in [0.25, 0.3) is 5.69 Å². The van der Waals surface area contributed by atoms with Gasteiger partial charge < -0.3 is 14.9 Å². The van der Waals surface area contributed by atoms with Gasteiger partial charge in [-0.25, -0.2) is 4.79 Å². The molecule has 0 aromatic heterocycles. The van der Waals surface area contributed by atoms with Crippen molar-refractivity contribution in [2.45, 2.75) is 25.7 Å². The predicted octanol–water partition coefficient (Wildman–Crippen LogP) is 2.57. The topological polar surface area (TPSA) is 110 Å². The number of hydrogen-bond donors (Lipinski definition) is 2. The van der Waals surface area contributed by atoms with Crippen molar-refractivity contribution in [3.05, 3.63) is 27.8 Å². The van der Waals surface area contributed by atoms with Crippen molar-refractivity contribution in [1.82, 2.24) is 0 Å². The fourth-order valence-corrected chi connectivity index (χ4v) is 2.38. The number of benzene rings is 1. The molecule has 1 aliphatic rings. The van der Waals surface area contributed by atoms with Gasteiger partial charge in [-0.3, -0.25) is 10.1 Å². The van der Waals surface area contributed by atoms with Crippen LogP contribution in [0.25, 0.3) is 0 Å². The maximum atomic E-state index is 11.0. The molecule has 1 aromatic carbocycles. The number of nitrogens with zero attached hydrogens (tertiary/aromatic N) is 1. The molecule has 0 spiro atoms. The highest BCUT2D eigenvalue weighted by Gasteiger charge is 2.24.